The van der Waals surface area contributed by atoms with E-state index in [1.807, 2.05) is 49.9 Å². The highest BCUT2D eigenvalue weighted by Gasteiger charge is 2.30. The van der Waals surface area contributed by atoms with Gasteiger partial charge in [-0.2, -0.15) is 4.98 Å². The van der Waals surface area contributed by atoms with Gasteiger partial charge < -0.3 is 14.2 Å². The van der Waals surface area contributed by atoms with E-state index in [-0.39, 0.29) is 24.4 Å². The summed E-state index contributed by atoms with van der Waals surface area (Å²) < 4.78 is 10.7. The molecule has 1 amide bonds. The molecule has 3 rings (SSSR count). The molecule has 1 aliphatic rings. The second-order valence-electron chi connectivity index (χ2n) is 6.04. The summed E-state index contributed by atoms with van der Waals surface area (Å²) in [6.07, 6.45) is 0.119. The van der Waals surface area contributed by atoms with Crippen molar-refractivity contribution in [2.45, 2.75) is 39.3 Å². The zero-order chi connectivity index (χ0) is 16.4. The van der Waals surface area contributed by atoms with Gasteiger partial charge in [0.05, 0.1) is 25.3 Å². The standard InChI is InChI=1S/C17H21N3O3/c1-11-6-4-5-7-14(11)17-18-15(23-19-17)8-16(21)20-12(2)9-22-10-13(20)3/h4-7,12-13H,8-10H2,1-3H3. The average molecular weight is 315 g/mol. The molecule has 6 heteroatoms. The molecule has 2 unspecified atom stereocenters. The van der Waals surface area contributed by atoms with Crippen molar-refractivity contribution in [3.63, 3.8) is 0 Å². The molecular formula is C17H21N3O3. The number of carbonyl (C=O) groups is 1. The van der Waals surface area contributed by atoms with Crippen molar-refractivity contribution in [1.29, 1.82) is 0 Å². The van der Waals surface area contributed by atoms with Crippen LogP contribution in [0.3, 0.4) is 0 Å². The van der Waals surface area contributed by atoms with Gasteiger partial charge in [-0.15, -0.1) is 0 Å². The largest absolute Gasteiger partial charge is 0.377 e. The van der Waals surface area contributed by atoms with Crippen molar-refractivity contribution in [2.75, 3.05) is 13.2 Å². The molecule has 1 fully saturated rings. The first-order valence-corrected chi connectivity index (χ1v) is 7.83. The van der Waals surface area contributed by atoms with Crippen LogP contribution < -0.4 is 0 Å². The van der Waals surface area contributed by atoms with E-state index in [1.165, 1.54) is 0 Å². The highest BCUT2D eigenvalue weighted by molar-refractivity contribution is 5.78. The van der Waals surface area contributed by atoms with Crippen molar-refractivity contribution in [2.24, 2.45) is 0 Å². The molecule has 23 heavy (non-hydrogen) atoms. The van der Waals surface area contributed by atoms with E-state index in [0.717, 1.165) is 11.1 Å². The van der Waals surface area contributed by atoms with Crippen LogP contribution in [0.2, 0.25) is 0 Å². The SMILES string of the molecule is Cc1ccccc1-c1noc(CC(=O)N2C(C)COCC2C)n1. The minimum absolute atomic E-state index is 0.00622. The number of benzene rings is 1. The minimum Gasteiger partial charge on any atom is -0.377 e. The van der Waals surface area contributed by atoms with E-state index in [4.69, 9.17) is 9.26 Å². The topological polar surface area (TPSA) is 68.5 Å². The predicted octanol–water partition coefficient (Wildman–Crippen LogP) is 2.22. The number of aryl methyl sites for hydroxylation is 1. The highest BCUT2D eigenvalue weighted by atomic mass is 16.5. The molecule has 0 saturated carbocycles. The lowest BCUT2D eigenvalue weighted by molar-refractivity contribution is -0.143. The molecule has 1 aromatic heterocycles. The van der Waals surface area contributed by atoms with Crippen molar-refractivity contribution in [3.8, 4) is 11.4 Å². The van der Waals surface area contributed by atoms with Crippen molar-refractivity contribution in [1.82, 2.24) is 15.0 Å². The van der Waals surface area contributed by atoms with Gasteiger partial charge in [0.2, 0.25) is 17.6 Å². The van der Waals surface area contributed by atoms with E-state index < -0.39 is 0 Å². The Morgan fingerprint density at radius 3 is 2.65 bits per heavy atom. The van der Waals surface area contributed by atoms with Gasteiger partial charge in [0.25, 0.3) is 0 Å². The monoisotopic (exact) mass is 315 g/mol. The fourth-order valence-electron chi connectivity index (χ4n) is 2.98. The van der Waals surface area contributed by atoms with Crippen LogP contribution in [0.25, 0.3) is 11.4 Å². The van der Waals surface area contributed by atoms with Gasteiger partial charge in [0, 0.05) is 5.56 Å². The Balaban J connectivity index is 1.74. The van der Waals surface area contributed by atoms with Crippen LogP contribution in [-0.4, -0.2) is 46.2 Å². The van der Waals surface area contributed by atoms with Gasteiger partial charge in [-0.3, -0.25) is 4.79 Å². The Hall–Kier alpha value is -2.21. The van der Waals surface area contributed by atoms with Gasteiger partial charge in [-0.05, 0) is 26.3 Å². The van der Waals surface area contributed by atoms with Gasteiger partial charge in [0.1, 0.15) is 6.42 Å². The van der Waals surface area contributed by atoms with Crippen LogP contribution in [0.4, 0.5) is 0 Å². The first-order chi connectivity index (χ1) is 11.1. The summed E-state index contributed by atoms with van der Waals surface area (Å²) in [6, 6.07) is 7.95. The molecule has 2 atom stereocenters. The third-order valence-electron chi connectivity index (χ3n) is 4.11. The zero-order valence-corrected chi connectivity index (χ0v) is 13.7. The summed E-state index contributed by atoms with van der Waals surface area (Å²) in [7, 11) is 0. The lowest BCUT2D eigenvalue weighted by Crippen LogP contribution is -2.53. The molecule has 1 aromatic carbocycles. The van der Waals surface area contributed by atoms with Crippen LogP contribution in [0.1, 0.15) is 25.3 Å². The van der Waals surface area contributed by atoms with E-state index >= 15 is 0 Å². The summed E-state index contributed by atoms with van der Waals surface area (Å²) in [6.45, 7) is 7.09. The molecule has 2 heterocycles. The summed E-state index contributed by atoms with van der Waals surface area (Å²) in [5, 5.41) is 4.00. The number of amides is 1. The molecule has 1 saturated heterocycles. The number of rotatable bonds is 3. The van der Waals surface area contributed by atoms with E-state index in [1.54, 1.807) is 0 Å². The summed E-state index contributed by atoms with van der Waals surface area (Å²) in [5.41, 5.74) is 1.99. The maximum atomic E-state index is 12.5. The van der Waals surface area contributed by atoms with Crippen LogP contribution >= 0.6 is 0 Å². The van der Waals surface area contributed by atoms with Crippen LogP contribution in [0, 0.1) is 6.92 Å². The summed E-state index contributed by atoms with van der Waals surface area (Å²) in [4.78, 5) is 18.8. The van der Waals surface area contributed by atoms with Crippen molar-refractivity contribution in [3.05, 3.63) is 35.7 Å². The third-order valence-corrected chi connectivity index (χ3v) is 4.11. The second-order valence-corrected chi connectivity index (χ2v) is 6.04. The number of nitrogens with zero attached hydrogens (tertiary/aromatic N) is 3. The minimum atomic E-state index is -0.00622. The molecule has 0 spiro atoms. The van der Waals surface area contributed by atoms with Crippen LogP contribution in [0.15, 0.2) is 28.8 Å². The number of hydrogen-bond donors (Lipinski definition) is 0. The quantitative estimate of drug-likeness (QED) is 0.869. The first kappa shape index (κ1) is 15.7. The first-order valence-electron chi connectivity index (χ1n) is 7.83. The molecule has 0 N–H and O–H groups in total. The Morgan fingerprint density at radius 2 is 1.96 bits per heavy atom. The van der Waals surface area contributed by atoms with Gasteiger partial charge in [-0.25, -0.2) is 0 Å². The summed E-state index contributed by atoms with van der Waals surface area (Å²) in [5.74, 6) is 0.862. The second kappa shape index (κ2) is 6.50. The maximum Gasteiger partial charge on any atom is 0.236 e. The van der Waals surface area contributed by atoms with Crippen molar-refractivity contribution < 1.29 is 14.1 Å². The van der Waals surface area contributed by atoms with Crippen molar-refractivity contribution >= 4 is 5.91 Å². The fraction of sp³-hybridized carbons (Fsp3) is 0.471. The van der Waals surface area contributed by atoms with E-state index in [2.05, 4.69) is 10.1 Å². The Labute approximate surface area is 135 Å². The van der Waals surface area contributed by atoms with Gasteiger partial charge in [0.15, 0.2) is 0 Å². The molecule has 0 aliphatic carbocycles. The predicted molar refractivity (Wildman–Crippen MR) is 84.8 cm³/mol. The van der Waals surface area contributed by atoms with E-state index in [0.29, 0.717) is 24.9 Å². The highest BCUT2D eigenvalue weighted by Crippen LogP contribution is 2.21. The normalized spacial score (nSPS) is 21.4. The number of hydrogen-bond acceptors (Lipinski definition) is 5. The molecule has 0 bridgehead atoms. The smallest absolute Gasteiger partial charge is 0.236 e. The molecule has 0 radical (unpaired) electrons. The fourth-order valence-corrected chi connectivity index (χ4v) is 2.98. The lowest BCUT2D eigenvalue weighted by atomic mass is 10.1. The molecule has 6 nitrogen and oxygen atoms in total. The molecule has 1 aliphatic heterocycles. The van der Waals surface area contributed by atoms with Crippen LogP contribution in [0.5, 0.6) is 0 Å². The number of morpholine rings is 1. The number of aromatic nitrogens is 2. The van der Waals surface area contributed by atoms with E-state index in [9.17, 15) is 4.79 Å². The summed E-state index contributed by atoms with van der Waals surface area (Å²) >= 11 is 0. The van der Waals surface area contributed by atoms with Gasteiger partial charge in [-0.1, -0.05) is 29.4 Å². The van der Waals surface area contributed by atoms with Gasteiger partial charge >= 0.3 is 0 Å². The zero-order valence-electron chi connectivity index (χ0n) is 13.7. The Kier molecular flexibility index (Phi) is 4.43. The molecule has 2 aromatic rings. The Morgan fingerprint density at radius 1 is 1.26 bits per heavy atom. The average Bonchev–Trinajstić information content (AvgIpc) is 2.95. The third kappa shape index (κ3) is 3.27. The lowest BCUT2D eigenvalue weighted by Gasteiger charge is -2.38. The molecule has 122 valence electrons. The maximum absolute atomic E-state index is 12.5. The number of ether oxygens (including phenoxy) is 1. The Bertz CT molecular complexity index is 688. The van der Waals surface area contributed by atoms with Crippen LogP contribution in [-0.2, 0) is 16.0 Å². The number of carbonyl (C=O) groups excluding carboxylic acids is 1. The molecular weight excluding hydrogens is 294 g/mol.